The summed E-state index contributed by atoms with van der Waals surface area (Å²) in [5, 5.41) is 13.3. The van der Waals surface area contributed by atoms with Gasteiger partial charge in [0.15, 0.2) is 0 Å². The van der Waals surface area contributed by atoms with Gasteiger partial charge in [-0.15, -0.1) is 0 Å². The third kappa shape index (κ3) is 7.57. The SMILES string of the molecule is CC/C(C)=C(\CCc1ccc(C(=O)O)cc1C(C)CCc1ccc(Br)cc1)Nc1cc(C)ccc1C. The van der Waals surface area contributed by atoms with Crippen LogP contribution in [0.2, 0.25) is 0 Å². The van der Waals surface area contributed by atoms with Crippen LogP contribution in [0.15, 0.2) is 76.4 Å². The summed E-state index contributed by atoms with van der Waals surface area (Å²) >= 11 is 3.50. The molecule has 0 amide bonds. The molecule has 0 saturated heterocycles. The van der Waals surface area contributed by atoms with Gasteiger partial charge in [0, 0.05) is 15.9 Å². The van der Waals surface area contributed by atoms with Gasteiger partial charge in [-0.1, -0.05) is 65.7 Å². The van der Waals surface area contributed by atoms with Crippen LogP contribution in [0.1, 0.15) is 84.1 Å². The van der Waals surface area contributed by atoms with Crippen molar-refractivity contribution in [2.45, 2.75) is 72.6 Å². The van der Waals surface area contributed by atoms with Crippen molar-refractivity contribution < 1.29 is 9.90 Å². The molecule has 0 spiro atoms. The van der Waals surface area contributed by atoms with Gasteiger partial charge in [0.25, 0.3) is 0 Å². The van der Waals surface area contributed by atoms with Crippen molar-refractivity contribution in [1.29, 1.82) is 0 Å². The fourth-order valence-electron chi connectivity index (χ4n) is 4.49. The first-order chi connectivity index (χ1) is 17.2. The van der Waals surface area contributed by atoms with Crippen LogP contribution in [0.4, 0.5) is 5.69 Å². The van der Waals surface area contributed by atoms with Gasteiger partial charge in [0.05, 0.1) is 5.56 Å². The maximum absolute atomic E-state index is 11.7. The van der Waals surface area contributed by atoms with Gasteiger partial charge in [-0.05, 0) is 117 Å². The average molecular weight is 549 g/mol. The van der Waals surface area contributed by atoms with Crippen LogP contribution < -0.4 is 5.32 Å². The third-order valence-corrected chi connectivity index (χ3v) is 7.60. The molecule has 0 radical (unpaired) electrons. The van der Waals surface area contributed by atoms with Crippen molar-refractivity contribution in [3.63, 3.8) is 0 Å². The van der Waals surface area contributed by atoms with E-state index in [1.807, 2.05) is 12.1 Å². The maximum atomic E-state index is 11.7. The minimum absolute atomic E-state index is 0.259. The molecule has 3 nitrogen and oxygen atoms in total. The highest BCUT2D eigenvalue weighted by molar-refractivity contribution is 9.10. The molecule has 4 heteroatoms. The molecule has 1 unspecified atom stereocenters. The highest BCUT2D eigenvalue weighted by atomic mass is 79.9. The number of halogens is 1. The first kappa shape index (κ1) is 27.7. The average Bonchev–Trinajstić information content (AvgIpc) is 2.87. The van der Waals surface area contributed by atoms with Crippen molar-refractivity contribution in [2.75, 3.05) is 5.32 Å². The number of carboxylic acids is 1. The number of nitrogens with one attached hydrogen (secondary N) is 1. The Labute approximate surface area is 224 Å². The molecule has 0 fully saturated rings. The molecule has 0 heterocycles. The lowest BCUT2D eigenvalue weighted by Crippen LogP contribution is -2.09. The lowest BCUT2D eigenvalue weighted by atomic mass is 9.87. The molecule has 0 bridgehead atoms. The summed E-state index contributed by atoms with van der Waals surface area (Å²) in [6.45, 7) is 10.9. The van der Waals surface area contributed by atoms with Crippen LogP contribution in [-0.4, -0.2) is 11.1 Å². The molecule has 0 saturated carbocycles. The first-order valence-electron chi connectivity index (χ1n) is 12.8. The molecule has 1 atom stereocenters. The Bertz CT molecular complexity index is 1230. The van der Waals surface area contributed by atoms with Crippen LogP contribution in [0.3, 0.4) is 0 Å². The fraction of sp³-hybridized carbons (Fsp3) is 0.344. The minimum atomic E-state index is -0.873. The van der Waals surface area contributed by atoms with Crippen LogP contribution in [0.25, 0.3) is 0 Å². The molecule has 36 heavy (non-hydrogen) atoms. The van der Waals surface area contributed by atoms with Crippen LogP contribution in [0.5, 0.6) is 0 Å². The predicted molar refractivity (Wildman–Crippen MR) is 155 cm³/mol. The Balaban J connectivity index is 1.82. The number of hydrogen-bond donors (Lipinski definition) is 2. The third-order valence-electron chi connectivity index (χ3n) is 7.07. The van der Waals surface area contributed by atoms with E-state index in [0.29, 0.717) is 5.56 Å². The molecule has 3 aromatic rings. The Kier molecular flexibility index (Phi) is 9.95. The molecular weight excluding hydrogens is 510 g/mol. The van der Waals surface area contributed by atoms with Crippen LogP contribution in [0, 0.1) is 13.8 Å². The number of anilines is 1. The Morgan fingerprint density at radius 3 is 2.39 bits per heavy atom. The summed E-state index contributed by atoms with van der Waals surface area (Å²) in [4.78, 5) is 11.7. The molecule has 3 aromatic carbocycles. The second-order valence-corrected chi connectivity index (χ2v) is 10.8. The standard InChI is InChI=1S/C32H38BrNO2/c1-6-22(3)30(34-31-19-21(2)7-8-24(31)5)18-15-26-13-14-27(32(35)36)20-29(26)23(4)9-10-25-11-16-28(33)17-12-25/h7-8,11-14,16-17,19-20,23,34H,6,9-10,15,18H2,1-5H3,(H,35,36)/b30-22+. The number of allylic oxidation sites excluding steroid dienone is 2. The summed E-state index contributed by atoms with van der Waals surface area (Å²) < 4.78 is 1.08. The van der Waals surface area contributed by atoms with E-state index in [2.05, 4.69) is 98.3 Å². The van der Waals surface area contributed by atoms with E-state index >= 15 is 0 Å². The van der Waals surface area contributed by atoms with E-state index < -0.39 is 5.97 Å². The summed E-state index contributed by atoms with van der Waals surface area (Å²) in [6, 6.07) is 20.6. The maximum Gasteiger partial charge on any atom is 0.335 e. The van der Waals surface area contributed by atoms with E-state index in [-0.39, 0.29) is 5.92 Å². The quantitative estimate of drug-likeness (QED) is 0.251. The zero-order valence-electron chi connectivity index (χ0n) is 22.1. The number of aryl methyl sites for hydroxylation is 4. The summed E-state index contributed by atoms with van der Waals surface area (Å²) in [6.07, 6.45) is 4.66. The summed E-state index contributed by atoms with van der Waals surface area (Å²) in [5.74, 6) is -0.614. The van der Waals surface area contributed by atoms with Crippen LogP contribution in [-0.2, 0) is 12.8 Å². The van der Waals surface area contributed by atoms with Gasteiger partial charge in [-0.2, -0.15) is 0 Å². The Hall–Kier alpha value is -2.85. The van der Waals surface area contributed by atoms with Crippen molar-refractivity contribution in [3.8, 4) is 0 Å². The topological polar surface area (TPSA) is 49.3 Å². The lowest BCUT2D eigenvalue weighted by molar-refractivity contribution is 0.0696. The fourth-order valence-corrected chi connectivity index (χ4v) is 4.76. The zero-order valence-corrected chi connectivity index (χ0v) is 23.7. The number of aromatic carboxylic acids is 1. The Morgan fingerprint density at radius 2 is 1.72 bits per heavy atom. The van der Waals surface area contributed by atoms with Gasteiger partial charge in [-0.25, -0.2) is 4.79 Å². The molecule has 0 aliphatic rings. The normalized spacial score (nSPS) is 12.7. The number of rotatable bonds is 11. The molecule has 2 N–H and O–H groups in total. The van der Waals surface area contributed by atoms with Gasteiger partial charge in [0.1, 0.15) is 0 Å². The molecule has 0 aromatic heterocycles. The molecule has 0 aliphatic carbocycles. The van der Waals surface area contributed by atoms with E-state index in [9.17, 15) is 9.90 Å². The summed E-state index contributed by atoms with van der Waals surface area (Å²) in [5.41, 5.74) is 10.3. The largest absolute Gasteiger partial charge is 0.478 e. The molecule has 0 aliphatic heterocycles. The van der Waals surface area contributed by atoms with Crippen molar-refractivity contribution in [3.05, 3.63) is 110 Å². The lowest BCUT2D eigenvalue weighted by Gasteiger charge is -2.20. The number of benzene rings is 3. The first-order valence-corrected chi connectivity index (χ1v) is 13.6. The van der Waals surface area contributed by atoms with Gasteiger partial charge in [-0.3, -0.25) is 0 Å². The van der Waals surface area contributed by atoms with Crippen LogP contribution >= 0.6 is 15.9 Å². The highest BCUT2D eigenvalue weighted by Gasteiger charge is 2.16. The van der Waals surface area contributed by atoms with E-state index in [4.69, 9.17) is 0 Å². The van der Waals surface area contributed by atoms with Crippen molar-refractivity contribution >= 4 is 27.6 Å². The smallest absolute Gasteiger partial charge is 0.335 e. The van der Waals surface area contributed by atoms with E-state index in [1.165, 1.54) is 33.5 Å². The zero-order chi connectivity index (χ0) is 26.2. The van der Waals surface area contributed by atoms with Gasteiger partial charge < -0.3 is 10.4 Å². The number of carboxylic acid groups (broad SMARTS) is 1. The second kappa shape index (κ2) is 12.9. The van der Waals surface area contributed by atoms with Gasteiger partial charge >= 0.3 is 5.97 Å². The van der Waals surface area contributed by atoms with Gasteiger partial charge in [0.2, 0.25) is 0 Å². The summed E-state index contributed by atoms with van der Waals surface area (Å²) in [7, 11) is 0. The van der Waals surface area contributed by atoms with E-state index in [0.717, 1.165) is 47.8 Å². The number of carbonyl (C=O) groups is 1. The van der Waals surface area contributed by atoms with E-state index in [1.54, 1.807) is 6.07 Å². The second-order valence-electron chi connectivity index (χ2n) is 9.84. The molecule has 3 rings (SSSR count). The van der Waals surface area contributed by atoms with Crippen molar-refractivity contribution in [1.82, 2.24) is 0 Å². The monoisotopic (exact) mass is 547 g/mol. The predicted octanol–water partition coefficient (Wildman–Crippen LogP) is 9.23. The number of hydrogen-bond acceptors (Lipinski definition) is 2. The molecule has 190 valence electrons. The minimum Gasteiger partial charge on any atom is -0.478 e. The Morgan fingerprint density at radius 1 is 1.00 bits per heavy atom. The molecular formula is C32H38BrNO2. The highest BCUT2D eigenvalue weighted by Crippen LogP contribution is 2.29. The van der Waals surface area contributed by atoms with Crippen molar-refractivity contribution in [2.24, 2.45) is 0 Å².